The number of rotatable bonds is 3. The molecule has 0 atom stereocenters. The lowest BCUT2D eigenvalue weighted by atomic mass is 9.78. The molecule has 1 aromatic heterocycles. The predicted octanol–water partition coefficient (Wildman–Crippen LogP) is 1.41. The SMILES string of the molecule is Cc1nnc(CNC2(C)CCC2)o1. The molecule has 0 aromatic carbocycles. The molecule has 0 radical (unpaired) electrons. The second-order valence-corrected chi connectivity index (χ2v) is 3.98. The van der Waals surface area contributed by atoms with E-state index in [-0.39, 0.29) is 0 Å². The fourth-order valence-electron chi connectivity index (χ4n) is 1.58. The van der Waals surface area contributed by atoms with Gasteiger partial charge in [0.2, 0.25) is 11.8 Å². The highest BCUT2D eigenvalue weighted by atomic mass is 16.4. The van der Waals surface area contributed by atoms with E-state index in [0.717, 1.165) is 0 Å². The molecule has 0 saturated heterocycles. The van der Waals surface area contributed by atoms with Crippen molar-refractivity contribution < 1.29 is 4.42 Å². The first kappa shape index (κ1) is 8.69. The van der Waals surface area contributed by atoms with E-state index < -0.39 is 0 Å². The lowest BCUT2D eigenvalue weighted by Crippen LogP contribution is -2.47. The minimum Gasteiger partial charge on any atom is -0.424 e. The summed E-state index contributed by atoms with van der Waals surface area (Å²) < 4.78 is 5.26. The van der Waals surface area contributed by atoms with Crippen molar-refractivity contribution in [2.24, 2.45) is 0 Å². The topological polar surface area (TPSA) is 51.0 Å². The molecule has 0 aliphatic heterocycles. The Morgan fingerprint density at radius 1 is 1.46 bits per heavy atom. The zero-order chi connectivity index (χ0) is 9.31. The summed E-state index contributed by atoms with van der Waals surface area (Å²) in [6.07, 6.45) is 3.83. The highest BCUT2D eigenvalue weighted by molar-refractivity contribution is 4.92. The molecule has 4 nitrogen and oxygen atoms in total. The Morgan fingerprint density at radius 2 is 2.23 bits per heavy atom. The number of aryl methyl sites for hydroxylation is 1. The van der Waals surface area contributed by atoms with E-state index in [1.165, 1.54) is 19.3 Å². The van der Waals surface area contributed by atoms with Gasteiger partial charge >= 0.3 is 0 Å². The molecule has 1 N–H and O–H groups in total. The largest absolute Gasteiger partial charge is 0.424 e. The Labute approximate surface area is 77.7 Å². The molecule has 0 amide bonds. The third kappa shape index (κ3) is 1.88. The van der Waals surface area contributed by atoms with Crippen molar-refractivity contribution >= 4 is 0 Å². The van der Waals surface area contributed by atoms with Gasteiger partial charge in [0.15, 0.2) is 0 Å². The minimum absolute atomic E-state index is 0.308. The molecule has 2 rings (SSSR count). The van der Waals surface area contributed by atoms with E-state index >= 15 is 0 Å². The van der Waals surface area contributed by atoms with Crippen LogP contribution in [-0.2, 0) is 6.54 Å². The summed E-state index contributed by atoms with van der Waals surface area (Å²) >= 11 is 0. The number of nitrogens with zero attached hydrogens (tertiary/aromatic N) is 2. The second-order valence-electron chi connectivity index (χ2n) is 3.98. The number of hydrogen-bond acceptors (Lipinski definition) is 4. The van der Waals surface area contributed by atoms with Gasteiger partial charge in [-0.15, -0.1) is 10.2 Å². The van der Waals surface area contributed by atoms with Gasteiger partial charge in [0.1, 0.15) is 0 Å². The molecular formula is C9H15N3O. The fraction of sp³-hybridized carbons (Fsp3) is 0.778. The molecular weight excluding hydrogens is 166 g/mol. The number of hydrogen-bond donors (Lipinski definition) is 1. The molecule has 0 unspecified atom stereocenters. The third-order valence-electron chi connectivity index (χ3n) is 2.69. The van der Waals surface area contributed by atoms with Crippen LogP contribution in [0.25, 0.3) is 0 Å². The first-order chi connectivity index (χ1) is 6.18. The van der Waals surface area contributed by atoms with Crippen LogP contribution < -0.4 is 5.32 Å². The van der Waals surface area contributed by atoms with Crippen molar-refractivity contribution in [1.82, 2.24) is 15.5 Å². The molecule has 1 aliphatic carbocycles. The Morgan fingerprint density at radius 3 is 2.69 bits per heavy atom. The van der Waals surface area contributed by atoms with Crippen LogP contribution >= 0.6 is 0 Å². The maximum atomic E-state index is 5.26. The molecule has 13 heavy (non-hydrogen) atoms. The molecule has 0 bridgehead atoms. The van der Waals surface area contributed by atoms with E-state index in [1.807, 2.05) is 6.92 Å². The van der Waals surface area contributed by atoms with E-state index in [4.69, 9.17) is 4.42 Å². The Kier molecular flexibility index (Phi) is 2.07. The van der Waals surface area contributed by atoms with Crippen molar-refractivity contribution in [3.63, 3.8) is 0 Å². The van der Waals surface area contributed by atoms with Crippen molar-refractivity contribution in [1.29, 1.82) is 0 Å². The molecule has 1 fully saturated rings. The summed E-state index contributed by atoms with van der Waals surface area (Å²) in [4.78, 5) is 0. The van der Waals surface area contributed by atoms with Crippen LogP contribution in [0.2, 0.25) is 0 Å². The number of aromatic nitrogens is 2. The quantitative estimate of drug-likeness (QED) is 0.766. The van der Waals surface area contributed by atoms with E-state index in [1.54, 1.807) is 0 Å². The van der Waals surface area contributed by atoms with Crippen LogP contribution in [0.3, 0.4) is 0 Å². The average Bonchev–Trinajstić information content (AvgIpc) is 2.44. The second kappa shape index (κ2) is 3.10. The third-order valence-corrected chi connectivity index (χ3v) is 2.69. The van der Waals surface area contributed by atoms with E-state index in [0.29, 0.717) is 23.9 Å². The van der Waals surface area contributed by atoms with Gasteiger partial charge in [-0.25, -0.2) is 0 Å². The molecule has 1 heterocycles. The summed E-state index contributed by atoms with van der Waals surface area (Å²) in [5.41, 5.74) is 0.308. The van der Waals surface area contributed by atoms with Crippen molar-refractivity contribution in [3.8, 4) is 0 Å². The molecule has 0 spiro atoms. The standard InChI is InChI=1S/C9H15N3O/c1-7-11-12-8(13-7)6-10-9(2)4-3-5-9/h10H,3-6H2,1-2H3. The average molecular weight is 181 g/mol. The maximum Gasteiger partial charge on any atom is 0.230 e. The van der Waals surface area contributed by atoms with Crippen LogP contribution in [0.5, 0.6) is 0 Å². The molecule has 1 saturated carbocycles. The van der Waals surface area contributed by atoms with Crippen LogP contribution in [0, 0.1) is 6.92 Å². The molecule has 1 aromatic rings. The summed E-state index contributed by atoms with van der Waals surface area (Å²) in [7, 11) is 0. The van der Waals surface area contributed by atoms with E-state index in [9.17, 15) is 0 Å². The highest BCUT2D eigenvalue weighted by Crippen LogP contribution is 2.30. The fourth-order valence-corrected chi connectivity index (χ4v) is 1.58. The summed E-state index contributed by atoms with van der Waals surface area (Å²) in [5.74, 6) is 1.32. The van der Waals surface area contributed by atoms with Crippen LogP contribution in [0.4, 0.5) is 0 Å². The Bertz CT molecular complexity index is 291. The molecule has 72 valence electrons. The zero-order valence-electron chi connectivity index (χ0n) is 8.13. The summed E-state index contributed by atoms with van der Waals surface area (Å²) in [6, 6.07) is 0. The van der Waals surface area contributed by atoms with Crippen LogP contribution in [0.15, 0.2) is 4.42 Å². The number of nitrogens with one attached hydrogen (secondary N) is 1. The van der Waals surface area contributed by atoms with Gasteiger partial charge in [0, 0.05) is 12.5 Å². The normalized spacial score (nSPS) is 19.8. The van der Waals surface area contributed by atoms with Gasteiger partial charge in [-0.3, -0.25) is 0 Å². The van der Waals surface area contributed by atoms with Crippen LogP contribution in [0.1, 0.15) is 38.0 Å². The lowest BCUT2D eigenvalue weighted by molar-refractivity contribution is 0.199. The minimum atomic E-state index is 0.308. The zero-order valence-corrected chi connectivity index (χ0v) is 8.13. The van der Waals surface area contributed by atoms with Crippen molar-refractivity contribution in [2.75, 3.05) is 0 Å². The van der Waals surface area contributed by atoms with Gasteiger partial charge in [-0.2, -0.15) is 0 Å². The maximum absolute atomic E-state index is 5.26. The van der Waals surface area contributed by atoms with Gasteiger partial charge in [0.25, 0.3) is 0 Å². The predicted molar refractivity (Wildman–Crippen MR) is 48.1 cm³/mol. The molecule has 1 aliphatic rings. The van der Waals surface area contributed by atoms with Crippen molar-refractivity contribution in [2.45, 2.75) is 45.2 Å². The van der Waals surface area contributed by atoms with E-state index in [2.05, 4.69) is 22.4 Å². The van der Waals surface area contributed by atoms with Gasteiger partial charge in [-0.1, -0.05) is 0 Å². The first-order valence-electron chi connectivity index (χ1n) is 4.72. The first-order valence-corrected chi connectivity index (χ1v) is 4.72. The van der Waals surface area contributed by atoms with Gasteiger partial charge in [0.05, 0.1) is 6.54 Å². The smallest absolute Gasteiger partial charge is 0.230 e. The molecule has 4 heteroatoms. The summed E-state index contributed by atoms with van der Waals surface area (Å²) in [6.45, 7) is 4.73. The monoisotopic (exact) mass is 181 g/mol. The van der Waals surface area contributed by atoms with Crippen molar-refractivity contribution in [3.05, 3.63) is 11.8 Å². The highest BCUT2D eigenvalue weighted by Gasteiger charge is 2.31. The van der Waals surface area contributed by atoms with Gasteiger partial charge in [-0.05, 0) is 26.2 Å². The lowest BCUT2D eigenvalue weighted by Gasteiger charge is -2.39. The van der Waals surface area contributed by atoms with Crippen LogP contribution in [-0.4, -0.2) is 15.7 Å². The van der Waals surface area contributed by atoms with Gasteiger partial charge < -0.3 is 9.73 Å². The summed E-state index contributed by atoms with van der Waals surface area (Å²) in [5, 5.41) is 11.1. The Hall–Kier alpha value is -0.900. The Balaban J connectivity index is 1.85.